The first-order valence-electron chi connectivity index (χ1n) is 15.6. The summed E-state index contributed by atoms with van der Waals surface area (Å²) in [5, 5.41) is 26.0. The van der Waals surface area contributed by atoms with Crippen LogP contribution in [0.15, 0.2) is 24.3 Å². The van der Waals surface area contributed by atoms with Crippen molar-refractivity contribution in [2.75, 3.05) is 37.8 Å². The van der Waals surface area contributed by atoms with E-state index < -0.39 is 84.6 Å². The Hall–Kier alpha value is -2.70. The summed E-state index contributed by atoms with van der Waals surface area (Å²) in [5.74, 6) is -1.24. The molecule has 1 aliphatic rings. The number of thioether (sulfide) groups is 1. The van der Waals surface area contributed by atoms with Gasteiger partial charge in [-0.15, -0.1) is 0 Å². The quantitative estimate of drug-likeness (QED) is 0.0507. The zero-order chi connectivity index (χ0) is 40.6. The van der Waals surface area contributed by atoms with Gasteiger partial charge < -0.3 is 69.0 Å². The van der Waals surface area contributed by atoms with Crippen LogP contribution in [-0.4, -0.2) is 103 Å². The SMILES string of the molecule is CC=C(C)C(=O)SCCNC(=O)CCNC(=O)[C@H](O)C(C)(C)COP(=O)([O-])OP(=O)([O-])OC[C@H]1O[C@@H](n2cnc3c(N)ncnc32)[C@H](O)[C@@H]1OP(=O)([O-])[O-]. The van der Waals surface area contributed by atoms with Crippen LogP contribution in [0.25, 0.3) is 11.2 Å². The van der Waals surface area contributed by atoms with Gasteiger partial charge in [0.1, 0.15) is 36.3 Å². The summed E-state index contributed by atoms with van der Waals surface area (Å²) in [6, 6.07) is 0. The lowest BCUT2D eigenvalue weighted by Crippen LogP contribution is -2.46. The molecule has 1 fully saturated rings. The van der Waals surface area contributed by atoms with E-state index in [-0.39, 0.29) is 41.6 Å². The second-order valence-corrected chi connectivity index (χ2v) is 17.2. The number of nitrogens with zero attached hydrogens (tertiary/aromatic N) is 4. The average molecular weight is 846 g/mol. The first-order valence-corrected chi connectivity index (χ1v) is 21.0. The zero-order valence-corrected chi connectivity index (χ0v) is 32.5. The second kappa shape index (κ2) is 19.0. The number of aromatic nitrogens is 4. The molecular weight excluding hydrogens is 807 g/mol. The van der Waals surface area contributed by atoms with Gasteiger partial charge in [-0.25, -0.2) is 19.3 Å². The van der Waals surface area contributed by atoms with Gasteiger partial charge in [-0.3, -0.25) is 28.1 Å². The molecule has 1 aliphatic heterocycles. The lowest BCUT2D eigenvalue weighted by molar-refractivity contribution is -0.347. The fraction of sp³-hybridized carbons (Fsp3) is 0.615. The summed E-state index contributed by atoms with van der Waals surface area (Å²) in [6.45, 7) is 3.46. The average Bonchev–Trinajstić information content (AvgIpc) is 3.64. The molecule has 0 bridgehead atoms. The number of rotatable bonds is 20. The number of hydrogen-bond acceptors (Lipinski definition) is 22. The van der Waals surface area contributed by atoms with Crippen molar-refractivity contribution in [1.29, 1.82) is 0 Å². The monoisotopic (exact) mass is 845 g/mol. The van der Waals surface area contributed by atoms with Crippen LogP contribution < -0.4 is 35.9 Å². The molecular formula is C26H38N7O17P3S-4. The maximum absolute atomic E-state index is 12.5. The number of aliphatic hydroxyl groups excluding tert-OH is 2. The van der Waals surface area contributed by atoms with E-state index in [0.717, 1.165) is 29.0 Å². The van der Waals surface area contributed by atoms with Gasteiger partial charge in [0.25, 0.3) is 15.6 Å². The predicted octanol–water partition coefficient (Wildman–Crippen LogP) is -2.90. The van der Waals surface area contributed by atoms with Crippen LogP contribution in [0.3, 0.4) is 0 Å². The van der Waals surface area contributed by atoms with Gasteiger partial charge in [0.05, 0.1) is 27.4 Å². The zero-order valence-electron chi connectivity index (χ0n) is 29.0. The molecule has 0 saturated carbocycles. The lowest BCUT2D eigenvalue weighted by atomic mass is 9.87. The second-order valence-electron chi connectivity index (χ2n) is 12.1. The summed E-state index contributed by atoms with van der Waals surface area (Å²) in [6.07, 6.45) is -5.92. The predicted molar refractivity (Wildman–Crippen MR) is 178 cm³/mol. The Morgan fingerprint density at radius 3 is 2.43 bits per heavy atom. The van der Waals surface area contributed by atoms with Gasteiger partial charge in [0.2, 0.25) is 16.9 Å². The Balaban J connectivity index is 1.51. The summed E-state index contributed by atoms with van der Waals surface area (Å²) < 4.78 is 60.4. The van der Waals surface area contributed by atoms with Crippen molar-refractivity contribution in [3.63, 3.8) is 0 Å². The van der Waals surface area contributed by atoms with Crippen molar-refractivity contribution in [2.45, 2.75) is 64.8 Å². The highest BCUT2D eigenvalue weighted by Crippen LogP contribution is 2.56. The van der Waals surface area contributed by atoms with Crippen LogP contribution in [0.2, 0.25) is 0 Å². The fourth-order valence-corrected chi connectivity index (χ4v) is 7.95. The van der Waals surface area contributed by atoms with Crippen LogP contribution in [0.4, 0.5) is 5.82 Å². The first kappa shape index (κ1) is 45.7. The molecule has 3 heterocycles. The molecule has 0 aliphatic carbocycles. The summed E-state index contributed by atoms with van der Waals surface area (Å²) in [5.41, 5.74) is 4.64. The van der Waals surface area contributed by atoms with Gasteiger partial charge >= 0.3 is 0 Å². The lowest BCUT2D eigenvalue weighted by Gasteiger charge is -2.36. The van der Waals surface area contributed by atoms with Crippen molar-refractivity contribution in [3.8, 4) is 0 Å². The number of anilines is 1. The number of imidazole rings is 1. The highest BCUT2D eigenvalue weighted by molar-refractivity contribution is 8.14. The van der Waals surface area contributed by atoms with Crippen LogP contribution in [-0.2, 0) is 50.7 Å². The fourth-order valence-electron chi connectivity index (χ4n) is 4.48. The Kier molecular flexibility index (Phi) is 16.0. The van der Waals surface area contributed by atoms with E-state index in [9.17, 15) is 57.9 Å². The molecule has 3 rings (SSSR count). The van der Waals surface area contributed by atoms with Gasteiger partial charge in [0.15, 0.2) is 17.7 Å². The van der Waals surface area contributed by atoms with Crippen molar-refractivity contribution in [3.05, 3.63) is 24.3 Å². The number of ether oxygens (including phenoxy) is 1. The molecule has 0 radical (unpaired) electrons. The van der Waals surface area contributed by atoms with Gasteiger partial charge in [-0.1, -0.05) is 31.7 Å². The molecule has 2 amide bonds. The number of aliphatic hydroxyl groups is 2. The Labute approximate surface area is 311 Å². The third kappa shape index (κ3) is 13.2. The molecule has 24 nitrogen and oxygen atoms in total. The van der Waals surface area contributed by atoms with E-state index in [1.54, 1.807) is 19.9 Å². The Morgan fingerprint density at radius 2 is 1.78 bits per heavy atom. The Morgan fingerprint density at radius 1 is 1.11 bits per heavy atom. The molecule has 1 saturated heterocycles. The number of carbonyl (C=O) groups is 3. The van der Waals surface area contributed by atoms with E-state index in [1.807, 2.05) is 0 Å². The van der Waals surface area contributed by atoms with E-state index in [4.69, 9.17) is 10.5 Å². The number of allylic oxidation sites excluding steroid dienone is 1. The molecule has 7 atom stereocenters. The normalized spacial score (nSPS) is 22.4. The van der Waals surface area contributed by atoms with E-state index >= 15 is 0 Å². The van der Waals surface area contributed by atoms with E-state index in [1.165, 1.54) is 13.8 Å². The van der Waals surface area contributed by atoms with Gasteiger partial charge in [0, 0.05) is 30.7 Å². The van der Waals surface area contributed by atoms with Crippen LogP contribution in [0, 0.1) is 5.41 Å². The molecule has 2 unspecified atom stereocenters. The number of fused-ring (bicyclic) bond motifs is 1. The number of phosphoric ester groups is 3. The molecule has 304 valence electrons. The van der Waals surface area contributed by atoms with Crippen molar-refractivity contribution >= 4 is 69.1 Å². The number of nitrogen functional groups attached to an aromatic ring is 1. The minimum Gasteiger partial charge on any atom is -0.790 e. The van der Waals surface area contributed by atoms with E-state index in [2.05, 4.69) is 43.5 Å². The van der Waals surface area contributed by atoms with Crippen molar-refractivity contribution < 1.29 is 80.5 Å². The first-order chi connectivity index (χ1) is 25.0. The van der Waals surface area contributed by atoms with Gasteiger partial charge in [-0.2, -0.15) is 0 Å². The number of nitrogens with one attached hydrogen (secondary N) is 2. The topological polar surface area (TPSA) is 375 Å². The van der Waals surface area contributed by atoms with E-state index in [0.29, 0.717) is 11.3 Å². The summed E-state index contributed by atoms with van der Waals surface area (Å²) in [4.78, 5) is 95.6. The molecule has 6 N–H and O–H groups in total. The van der Waals surface area contributed by atoms with Gasteiger partial charge in [-0.05, 0) is 19.4 Å². The summed E-state index contributed by atoms with van der Waals surface area (Å²) >= 11 is 1.02. The molecule has 0 spiro atoms. The maximum atomic E-state index is 12.5. The van der Waals surface area contributed by atoms with Crippen LogP contribution in [0.5, 0.6) is 0 Å². The maximum Gasteiger partial charge on any atom is 0.274 e. The summed E-state index contributed by atoms with van der Waals surface area (Å²) in [7, 11) is -17.6. The third-order valence-corrected chi connectivity index (χ3v) is 11.5. The highest BCUT2D eigenvalue weighted by atomic mass is 32.2. The number of amides is 2. The molecule has 28 heteroatoms. The third-order valence-electron chi connectivity index (χ3n) is 7.47. The molecule has 0 aromatic carbocycles. The standard InChI is InChI=1S/C26H42N7O17P3S/c1-5-14(2)25(38)54-9-8-28-16(34)6-7-29-23(37)20(36)26(3,4)11-47-53(44,45)50-52(42,43)46-10-15-19(49-51(39,40)41)18(35)24(48-15)33-13-32-17-21(27)30-12-31-22(17)33/h5,12-13,15,18-20,24,35-36H,6-11H2,1-4H3,(H,28,34)(H,29,37)(H,42,43)(H,44,45)(H2,27,30,31)(H2,39,40,41)/p-4/t15-,18-,19-,20+,24-/m1/s1. The molecule has 2 aromatic heterocycles. The minimum atomic E-state index is -5.91. The van der Waals surface area contributed by atoms with Crippen molar-refractivity contribution in [2.24, 2.45) is 5.41 Å². The number of carbonyl (C=O) groups excluding carboxylic acids is 3. The molecule has 2 aromatic rings. The smallest absolute Gasteiger partial charge is 0.274 e. The molecule has 54 heavy (non-hydrogen) atoms. The minimum absolute atomic E-state index is 0.0218. The number of hydrogen-bond donors (Lipinski definition) is 5. The van der Waals surface area contributed by atoms with Crippen LogP contribution in [0.1, 0.15) is 40.3 Å². The number of nitrogens with two attached hydrogens (primary N) is 1. The van der Waals surface area contributed by atoms with Crippen LogP contribution >= 0.6 is 35.2 Å². The number of phosphoric acid groups is 3. The largest absolute Gasteiger partial charge is 0.790 e. The van der Waals surface area contributed by atoms with Crippen molar-refractivity contribution in [1.82, 2.24) is 30.2 Å². The Bertz CT molecular complexity index is 1840. The highest BCUT2D eigenvalue weighted by Gasteiger charge is 2.47.